The van der Waals surface area contributed by atoms with Crippen LogP contribution in [0.5, 0.6) is 0 Å². The number of pyridine rings is 2. The number of nitrogens with one attached hydrogen (secondary N) is 1. The van der Waals surface area contributed by atoms with Crippen molar-refractivity contribution < 1.29 is 8.42 Å². The largest absolute Gasteiger partial charge is 0.384 e. The average Bonchev–Trinajstić information content (AvgIpc) is 2.33. The van der Waals surface area contributed by atoms with Gasteiger partial charge >= 0.3 is 0 Å². The minimum Gasteiger partial charge on any atom is -0.384 e. The van der Waals surface area contributed by atoms with Crippen molar-refractivity contribution in [3.05, 3.63) is 40.6 Å². The van der Waals surface area contributed by atoms with E-state index in [1.54, 1.807) is 13.0 Å². The molecular weight excluding hydrogens is 332 g/mol. The fraction of sp³-hybridized carbons (Fsp3) is 0.0909. The highest BCUT2D eigenvalue weighted by Crippen LogP contribution is 2.20. The third-order valence-corrected chi connectivity index (χ3v) is 4.10. The van der Waals surface area contributed by atoms with Crippen LogP contribution in [0.1, 0.15) is 5.56 Å². The van der Waals surface area contributed by atoms with E-state index in [0.717, 1.165) is 4.47 Å². The molecule has 0 amide bonds. The molecule has 2 aromatic heterocycles. The number of hydrogen-bond donors (Lipinski definition) is 2. The molecule has 0 radical (unpaired) electrons. The second-order valence-corrected chi connectivity index (χ2v) is 6.44. The summed E-state index contributed by atoms with van der Waals surface area (Å²) in [6.07, 6.45) is 2.72. The van der Waals surface area contributed by atoms with Gasteiger partial charge in [-0.2, -0.15) is 0 Å². The predicted molar refractivity (Wildman–Crippen MR) is 76.1 cm³/mol. The number of sulfonamides is 1. The highest BCUT2D eigenvalue weighted by Gasteiger charge is 2.16. The van der Waals surface area contributed by atoms with Gasteiger partial charge in [-0.25, -0.2) is 18.4 Å². The van der Waals surface area contributed by atoms with Gasteiger partial charge in [-0.15, -0.1) is 0 Å². The van der Waals surface area contributed by atoms with Crippen molar-refractivity contribution in [2.75, 3.05) is 10.5 Å². The van der Waals surface area contributed by atoms with Crippen molar-refractivity contribution >= 4 is 37.6 Å². The summed E-state index contributed by atoms with van der Waals surface area (Å²) in [5.41, 5.74) is 6.13. The first-order valence-electron chi connectivity index (χ1n) is 5.25. The van der Waals surface area contributed by atoms with Crippen LogP contribution in [0.2, 0.25) is 0 Å². The molecule has 6 nitrogen and oxygen atoms in total. The molecule has 19 heavy (non-hydrogen) atoms. The smallest absolute Gasteiger partial charge is 0.264 e. The van der Waals surface area contributed by atoms with Crippen molar-refractivity contribution in [3.8, 4) is 0 Å². The van der Waals surface area contributed by atoms with Gasteiger partial charge in [0.1, 0.15) is 16.5 Å². The first-order chi connectivity index (χ1) is 8.88. The predicted octanol–water partition coefficient (Wildman–Crippen LogP) is 1.93. The quantitative estimate of drug-likeness (QED) is 0.887. The number of nitrogens with zero attached hydrogens (tertiary/aromatic N) is 2. The number of anilines is 2. The lowest BCUT2D eigenvalue weighted by molar-refractivity contribution is 0.600. The molecule has 0 saturated carbocycles. The van der Waals surface area contributed by atoms with Crippen LogP contribution in [0.15, 0.2) is 40.0 Å². The van der Waals surface area contributed by atoms with Crippen LogP contribution in [0.3, 0.4) is 0 Å². The van der Waals surface area contributed by atoms with Crippen LogP contribution in [-0.2, 0) is 10.0 Å². The molecule has 0 atom stereocenters. The van der Waals surface area contributed by atoms with E-state index >= 15 is 0 Å². The molecule has 0 unspecified atom stereocenters. The van der Waals surface area contributed by atoms with E-state index < -0.39 is 10.0 Å². The summed E-state index contributed by atoms with van der Waals surface area (Å²) in [4.78, 5) is 7.81. The van der Waals surface area contributed by atoms with Gasteiger partial charge in [-0.3, -0.25) is 4.72 Å². The molecule has 3 N–H and O–H groups in total. The Labute approximate surface area is 119 Å². The molecule has 0 saturated heterocycles. The molecule has 100 valence electrons. The summed E-state index contributed by atoms with van der Waals surface area (Å²) < 4.78 is 27.4. The lowest BCUT2D eigenvalue weighted by atomic mass is 10.3. The normalized spacial score (nSPS) is 11.3. The zero-order valence-corrected chi connectivity index (χ0v) is 12.4. The fourth-order valence-electron chi connectivity index (χ4n) is 1.38. The van der Waals surface area contributed by atoms with Gasteiger partial charge in [-0.1, -0.05) is 0 Å². The van der Waals surface area contributed by atoms with E-state index in [1.165, 1.54) is 24.5 Å². The van der Waals surface area contributed by atoms with Crippen LogP contribution in [0.25, 0.3) is 0 Å². The standard InChI is InChI=1S/C11H11BrN4O2S/c1-7-4-8(12)5-15-11(7)16-19(17,18)9-2-3-10(13)14-6-9/h2-6H,1H3,(H2,13,14)(H,15,16). The summed E-state index contributed by atoms with van der Waals surface area (Å²) in [6, 6.07) is 4.58. The Hall–Kier alpha value is -1.67. The summed E-state index contributed by atoms with van der Waals surface area (Å²) in [7, 11) is -3.71. The third kappa shape index (κ3) is 3.21. The maximum absolute atomic E-state index is 12.1. The Kier molecular flexibility index (Phi) is 3.72. The molecule has 0 aliphatic heterocycles. The van der Waals surface area contributed by atoms with Gasteiger partial charge in [0.05, 0.1) is 0 Å². The number of rotatable bonds is 3. The number of nitrogens with two attached hydrogens (primary N) is 1. The van der Waals surface area contributed by atoms with E-state index in [1.807, 2.05) is 0 Å². The van der Waals surface area contributed by atoms with Crippen LogP contribution in [0, 0.1) is 6.92 Å². The SMILES string of the molecule is Cc1cc(Br)cnc1NS(=O)(=O)c1ccc(N)nc1. The van der Waals surface area contributed by atoms with Gasteiger partial charge in [0.15, 0.2) is 0 Å². The Morgan fingerprint density at radius 2 is 2.00 bits per heavy atom. The van der Waals surface area contributed by atoms with Gasteiger partial charge in [0.25, 0.3) is 10.0 Å². The van der Waals surface area contributed by atoms with E-state index in [4.69, 9.17) is 5.73 Å². The Morgan fingerprint density at radius 3 is 2.58 bits per heavy atom. The lowest BCUT2D eigenvalue weighted by Crippen LogP contribution is -2.15. The zero-order chi connectivity index (χ0) is 14.0. The molecule has 8 heteroatoms. The molecule has 2 rings (SSSR count). The molecular formula is C11H11BrN4O2S. The Bertz CT molecular complexity index is 701. The average molecular weight is 343 g/mol. The minimum absolute atomic E-state index is 0.0332. The highest BCUT2D eigenvalue weighted by molar-refractivity contribution is 9.10. The second kappa shape index (κ2) is 5.14. The van der Waals surface area contributed by atoms with Crippen LogP contribution in [0.4, 0.5) is 11.6 Å². The van der Waals surface area contributed by atoms with Gasteiger partial charge in [0.2, 0.25) is 0 Å². The molecule has 0 fully saturated rings. The van der Waals surface area contributed by atoms with Crippen LogP contribution in [-0.4, -0.2) is 18.4 Å². The van der Waals surface area contributed by atoms with Crippen molar-refractivity contribution in [2.45, 2.75) is 11.8 Å². The Morgan fingerprint density at radius 1 is 1.26 bits per heavy atom. The number of nitrogen functional groups attached to an aromatic ring is 1. The van der Waals surface area contributed by atoms with E-state index in [2.05, 4.69) is 30.6 Å². The molecule has 2 heterocycles. The number of hydrogen-bond acceptors (Lipinski definition) is 5. The minimum atomic E-state index is -3.71. The van der Waals surface area contributed by atoms with Crippen molar-refractivity contribution in [3.63, 3.8) is 0 Å². The zero-order valence-electron chi connectivity index (χ0n) is 9.96. The molecule has 0 aromatic carbocycles. The molecule has 0 bridgehead atoms. The van der Waals surface area contributed by atoms with Crippen LogP contribution < -0.4 is 10.5 Å². The number of halogens is 1. The maximum atomic E-state index is 12.1. The van der Waals surface area contributed by atoms with Crippen molar-refractivity contribution in [1.29, 1.82) is 0 Å². The first-order valence-corrected chi connectivity index (χ1v) is 7.52. The highest BCUT2D eigenvalue weighted by atomic mass is 79.9. The van der Waals surface area contributed by atoms with Gasteiger partial charge < -0.3 is 5.73 Å². The fourth-order valence-corrected chi connectivity index (χ4v) is 2.85. The molecule has 0 aliphatic rings. The molecule has 0 aliphatic carbocycles. The van der Waals surface area contributed by atoms with Gasteiger partial charge in [-0.05, 0) is 46.6 Å². The molecule has 0 spiro atoms. The maximum Gasteiger partial charge on any atom is 0.264 e. The monoisotopic (exact) mass is 342 g/mol. The molecule has 2 aromatic rings. The summed E-state index contributed by atoms with van der Waals surface area (Å²) >= 11 is 3.27. The van der Waals surface area contributed by atoms with Crippen LogP contribution >= 0.6 is 15.9 Å². The Balaban J connectivity index is 2.33. The summed E-state index contributed by atoms with van der Waals surface area (Å²) in [5.74, 6) is 0.539. The summed E-state index contributed by atoms with van der Waals surface area (Å²) in [6.45, 7) is 1.76. The number of aryl methyl sites for hydroxylation is 1. The van der Waals surface area contributed by atoms with E-state index in [0.29, 0.717) is 5.56 Å². The topological polar surface area (TPSA) is 98.0 Å². The van der Waals surface area contributed by atoms with Crippen molar-refractivity contribution in [1.82, 2.24) is 9.97 Å². The van der Waals surface area contributed by atoms with E-state index in [-0.39, 0.29) is 16.5 Å². The van der Waals surface area contributed by atoms with Crippen molar-refractivity contribution in [2.24, 2.45) is 0 Å². The second-order valence-electron chi connectivity index (χ2n) is 3.84. The van der Waals surface area contributed by atoms with Gasteiger partial charge in [0, 0.05) is 16.9 Å². The lowest BCUT2D eigenvalue weighted by Gasteiger charge is -2.09. The number of aromatic nitrogens is 2. The third-order valence-electron chi connectivity index (χ3n) is 2.35. The summed E-state index contributed by atoms with van der Waals surface area (Å²) in [5, 5.41) is 0. The first kappa shape index (κ1) is 13.8. The van der Waals surface area contributed by atoms with E-state index in [9.17, 15) is 8.42 Å².